The topological polar surface area (TPSA) is 35.5 Å². The molecule has 1 aromatic rings. The lowest BCUT2D eigenvalue weighted by molar-refractivity contribution is -0.134. The molecular formula is C17H24O3. The summed E-state index contributed by atoms with van der Waals surface area (Å²) >= 11 is 0. The van der Waals surface area contributed by atoms with Gasteiger partial charge in [0.05, 0.1) is 7.11 Å². The predicted molar refractivity (Wildman–Crippen MR) is 81.1 cm³/mol. The largest absolute Gasteiger partial charge is 0.497 e. The summed E-state index contributed by atoms with van der Waals surface area (Å²) in [5.41, 5.74) is 0. The van der Waals surface area contributed by atoms with E-state index >= 15 is 0 Å². The molecular weight excluding hydrogens is 252 g/mol. The van der Waals surface area contributed by atoms with Crippen LogP contribution in [0.3, 0.4) is 0 Å². The number of rotatable bonds is 9. The highest BCUT2D eigenvalue weighted by Gasteiger charge is 2.03. The summed E-state index contributed by atoms with van der Waals surface area (Å²) in [6.07, 6.45) is 10.2. The number of esters is 1. The van der Waals surface area contributed by atoms with E-state index in [-0.39, 0.29) is 5.97 Å². The maximum Gasteiger partial charge on any atom is 0.311 e. The van der Waals surface area contributed by atoms with Crippen molar-refractivity contribution in [2.45, 2.75) is 45.4 Å². The molecule has 0 aliphatic heterocycles. The van der Waals surface area contributed by atoms with Gasteiger partial charge >= 0.3 is 5.97 Å². The van der Waals surface area contributed by atoms with Gasteiger partial charge in [-0.1, -0.05) is 31.9 Å². The lowest BCUT2D eigenvalue weighted by Crippen LogP contribution is -2.06. The average Bonchev–Trinajstić information content (AvgIpc) is 2.47. The summed E-state index contributed by atoms with van der Waals surface area (Å²) in [6, 6.07) is 7.02. The van der Waals surface area contributed by atoms with Gasteiger partial charge in [-0.25, -0.2) is 0 Å². The highest BCUT2D eigenvalue weighted by Crippen LogP contribution is 2.17. The number of unbranched alkanes of at least 4 members (excludes halogenated alkanes) is 3. The molecule has 0 spiro atoms. The van der Waals surface area contributed by atoms with Crippen LogP contribution in [0.5, 0.6) is 11.5 Å². The second-order valence-electron chi connectivity index (χ2n) is 4.66. The van der Waals surface area contributed by atoms with Gasteiger partial charge < -0.3 is 9.47 Å². The fourth-order valence-corrected chi connectivity index (χ4v) is 1.78. The molecule has 0 saturated heterocycles. The van der Waals surface area contributed by atoms with Gasteiger partial charge in [0, 0.05) is 6.42 Å². The van der Waals surface area contributed by atoms with Crippen molar-refractivity contribution < 1.29 is 14.3 Å². The summed E-state index contributed by atoms with van der Waals surface area (Å²) in [5.74, 6) is 1.11. The molecule has 0 radical (unpaired) electrons. The molecule has 0 aliphatic rings. The fraction of sp³-hybridized carbons (Fsp3) is 0.471. The Kier molecular flexibility index (Phi) is 8.20. The molecule has 0 unspecified atom stereocenters. The molecule has 3 heteroatoms. The van der Waals surface area contributed by atoms with Crippen molar-refractivity contribution in [3.8, 4) is 11.5 Å². The molecule has 1 rings (SSSR count). The Labute approximate surface area is 121 Å². The van der Waals surface area contributed by atoms with Crippen LogP contribution in [-0.4, -0.2) is 13.1 Å². The first kappa shape index (κ1) is 16.3. The van der Waals surface area contributed by atoms with Crippen LogP contribution in [0.1, 0.15) is 45.4 Å². The molecule has 20 heavy (non-hydrogen) atoms. The third kappa shape index (κ3) is 6.98. The first-order valence-corrected chi connectivity index (χ1v) is 7.26. The van der Waals surface area contributed by atoms with Crippen LogP contribution in [0.25, 0.3) is 0 Å². The van der Waals surface area contributed by atoms with Crippen LogP contribution < -0.4 is 9.47 Å². The second-order valence-corrected chi connectivity index (χ2v) is 4.66. The standard InChI is InChI=1S/C17H24O3/c1-3-4-5-6-7-8-9-10-17(18)20-16-13-11-15(19-2)12-14-16/h7-8,11-14H,3-6,9-10H2,1-2H3. The fourth-order valence-electron chi connectivity index (χ4n) is 1.78. The molecule has 1 aromatic carbocycles. The van der Waals surface area contributed by atoms with Gasteiger partial charge in [-0.05, 0) is 43.5 Å². The number of carbonyl (C=O) groups is 1. The summed E-state index contributed by atoms with van der Waals surface area (Å²) in [4.78, 5) is 11.6. The van der Waals surface area contributed by atoms with Crippen LogP contribution in [0, 0.1) is 0 Å². The van der Waals surface area contributed by atoms with Gasteiger partial charge in [0.15, 0.2) is 0 Å². The lowest BCUT2D eigenvalue weighted by atomic mass is 10.2. The van der Waals surface area contributed by atoms with E-state index in [1.54, 1.807) is 31.4 Å². The van der Waals surface area contributed by atoms with E-state index in [2.05, 4.69) is 19.1 Å². The van der Waals surface area contributed by atoms with Crippen molar-refractivity contribution in [2.24, 2.45) is 0 Å². The molecule has 0 aliphatic carbocycles. The number of hydrogen-bond acceptors (Lipinski definition) is 3. The summed E-state index contributed by atoms with van der Waals surface area (Å²) in [6.45, 7) is 2.19. The summed E-state index contributed by atoms with van der Waals surface area (Å²) in [7, 11) is 1.61. The Morgan fingerprint density at radius 1 is 1.05 bits per heavy atom. The van der Waals surface area contributed by atoms with E-state index in [0.717, 1.165) is 18.6 Å². The normalized spacial score (nSPS) is 10.7. The quantitative estimate of drug-likeness (QED) is 0.288. The molecule has 0 aromatic heterocycles. The van der Waals surface area contributed by atoms with Crippen molar-refractivity contribution in [1.29, 1.82) is 0 Å². The average molecular weight is 276 g/mol. The van der Waals surface area contributed by atoms with E-state index in [1.807, 2.05) is 0 Å². The third-order valence-corrected chi connectivity index (χ3v) is 2.95. The van der Waals surface area contributed by atoms with E-state index < -0.39 is 0 Å². The number of benzene rings is 1. The molecule has 0 fully saturated rings. The first-order chi connectivity index (χ1) is 9.76. The van der Waals surface area contributed by atoms with Crippen molar-refractivity contribution in [2.75, 3.05) is 7.11 Å². The summed E-state index contributed by atoms with van der Waals surface area (Å²) < 4.78 is 10.3. The van der Waals surface area contributed by atoms with E-state index in [9.17, 15) is 4.79 Å². The van der Waals surface area contributed by atoms with Gasteiger partial charge in [-0.3, -0.25) is 4.79 Å². The maximum atomic E-state index is 11.6. The maximum absolute atomic E-state index is 11.6. The Morgan fingerprint density at radius 2 is 1.70 bits per heavy atom. The Bertz CT molecular complexity index is 407. The molecule has 0 atom stereocenters. The molecule has 3 nitrogen and oxygen atoms in total. The lowest BCUT2D eigenvalue weighted by Gasteiger charge is -2.04. The molecule has 0 bridgehead atoms. The van der Waals surface area contributed by atoms with E-state index in [0.29, 0.717) is 12.2 Å². The van der Waals surface area contributed by atoms with Crippen molar-refractivity contribution in [3.63, 3.8) is 0 Å². The van der Waals surface area contributed by atoms with Crippen LogP contribution >= 0.6 is 0 Å². The molecule has 0 saturated carbocycles. The van der Waals surface area contributed by atoms with Gasteiger partial charge in [0.2, 0.25) is 0 Å². The third-order valence-electron chi connectivity index (χ3n) is 2.95. The first-order valence-electron chi connectivity index (χ1n) is 7.26. The minimum absolute atomic E-state index is 0.201. The van der Waals surface area contributed by atoms with Crippen LogP contribution in [0.15, 0.2) is 36.4 Å². The highest BCUT2D eigenvalue weighted by atomic mass is 16.5. The molecule has 110 valence electrons. The number of ether oxygens (including phenoxy) is 2. The molecule has 0 amide bonds. The zero-order valence-corrected chi connectivity index (χ0v) is 12.4. The number of carbonyl (C=O) groups excluding carboxylic acids is 1. The minimum atomic E-state index is -0.201. The van der Waals surface area contributed by atoms with Gasteiger partial charge in [-0.15, -0.1) is 0 Å². The van der Waals surface area contributed by atoms with Gasteiger partial charge in [-0.2, -0.15) is 0 Å². The Balaban J connectivity index is 2.19. The van der Waals surface area contributed by atoms with Crippen molar-refractivity contribution in [1.82, 2.24) is 0 Å². The van der Waals surface area contributed by atoms with Crippen molar-refractivity contribution >= 4 is 5.97 Å². The molecule has 0 heterocycles. The minimum Gasteiger partial charge on any atom is -0.497 e. The SMILES string of the molecule is CCCCCC=CCCC(=O)Oc1ccc(OC)cc1. The molecule has 0 N–H and O–H groups in total. The predicted octanol–water partition coefficient (Wildman–Crippen LogP) is 4.52. The second kappa shape index (κ2) is 10.1. The summed E-state index contributed by atoms with van der Waals surface area (Å²) in [5, 5.41) is 0. The smallest absolute Gasteiger partial charge is 0.311 e. The number of allylic oxidation sites excluding steroid dienone is 2. The Hall–Kier alpha value is -1.77. The number of hydrogen-bond donors (Lipinski definition) is 0. The zero-order chi connectivity index (χ0) is 14.6. The van der Waals surface area contributed by atoms with E-state index in [4.69, 9.17) is 9.47 Å². The van der Waals surface area contributed by atoms with Gasteiger partial charge in [0.1, 0.15) is 11.5 Å². The van der Waals surface area contributed by atoms with Gasteiger partial charge in [0.25, 0.3) is 0 Å². The van der Waals surface area contributed by atoms with Crippen molar-refractivity contribution in [3.05, 3.63) is 36.4 Å². The highest BCUT2D eigenvalue weighted by molar-refractivity contribution is 5.72. The monoisotopic (exact) mass is 276 g/mol. The van der Waals surface area contributed by atoms with Crippen LogP contribution in [0.2, 0.25) is 0 Å². The number of methoxy groups -OCH3 is 1. The van der Waals surface area contributed by atoms with Crippen LogP contribution in [0.4, 0.5) is 0 Å². The zero-order valence-electron chi connectivity index (χ0n) is 12.4. The van der Waals surface area contributed by atoms with Crippen LogP contribution in [-0.2, 0) is 4.79 Å². The Morgan fingerprint density at radius 3 is 2.35 bits per heavy atom. The van der Waals surface area contributed by atoms with E-state index in [1.165, 1.54) is 19.3 Å².